The maximum atomic E-state index is 8.61. The molecule has 0 aliphatic rings. The maximum Gasteiger partial charge on any atom is 0.134 e. The lowest BCUT2D eigenvalue weighted by Gasteiger charge is -2.18. The van der Waals surface area contributed by atoms with Crippen molar-refractivity contribution >= 4 is 11.6 Å². The van der Waals surface area contributed by atoms with Gasteiger partial charge in [-0.3, -0.25) is 0 Å². The molecule has 6 nitrogen and oxygen atoms in total. The maximum absolute atomic E-state index is 8.61. The Bertz CT molecular complexity index is 437. The summed E-state index contributed by atoms with van der Waals surface area (Å²) in [5.41, 5.74) is 0. The van der Waals surface area contributed by atoms with Crippen LogP contribution in [0.5, 0.6) is 0 Å². The van der Waals surface area contributed by atoms with Gasteiger partial charge in [-0.1, -0.05) is 0 Å². The Morgan fingerprint density at radius 1 is 1.26 bits per heavy atom. The first kappa shape index (κ1) is 15.2. The van der Waals surface area contributed by atoms with E-state index in [4.69, 9.17) is 5.26 Å². The second kappa shape index (κ2) is 7.54. The van der Waals surface area contributed by atoms with Crippen molar-refractivity contribution < 1.29 is 0 Å². The standard InChI is InChI=1S/C13H22N6/c1-11-16-12(15-7-9-18(2)3)10-13(17-11)19(4)8-5-6-14/h10H,5,7-9H2,1-4H3,(H,15,16,17). The van der Waals surface area contributed by atoms with Crippen molar-refractivity contribution in [3.8, 4) is 6.07 Å². The highest BCUT2D eigenvalue weighted by atomic mass is 15.2. The first-order chi connectivity index (χ1) is 9.02. The molecule has 1 heterocycles. The molecule has 0 unspecified atom stereocenters. The molecular weight excluding hydrogens is 240 g/mol. The van der Waals surface area contributed by atoms with E-state index in [9.17, 15) is 0 Å². The Morgan fingerprint density at radius 3 is 2.63 bits per heavy atom. The highest BCUT2D eigenvalue weighted by Gasteiger charge is 2.06. The van der Waals surface area contributed by atoms with Crippen molar-refractivity contribution in [2.75, 3.05) is 51.0 Å². The van der Waals surface area contributed by atoms with Gasteiger partial charge in [0.1, 0.15) is 17.5 Å². The third-order valence-corrected chi connectivity index (χ3v) is 2.64. The minimum Gasteiger partial charge on any atom is -0.369 e. The monoisotopic (exact) mass is 262 g/mol. The summed E-state index contributed by atoms with van der Waals surface area (Å²) in [6.07, 6.45) is 0.489. The molecule has 0 bridgehead atoms. The molecule has 19 heavy (non-hydrogen) atoms. The molecule has 0 amide bonds. The molecule has 104 valence electrons. The van der Waals surface area contributed by atoms with Gasteiger partial charge < -0.3 is 15.1 Å². The van der Waals surface area contributed by atoms with Crippen molar-refractivity contribution in [3.05, 3.63) is 11.9 Å². The summed E-state index contributed by atoms with van der Waals surface area (Å²) < 4.78 is 0. The highest BCUT2D eigenvalue weighted by molar-refractivity contribution is 5.49. The molecule has 1 rings (SSSR count). The van der Waals surface area contributed by atoms with Crippen molar-refractivity contribution in [3.63, 3.8) is 0 Å². The lowest BCUT2D eigenvalue weighted by molar-refractivity contribution is 0.425. The third-order valence-electron chi connectivity index (χ3n) is 2.64. The largest absolute Gasteiger partial charge is 0.369 e. The summed E-state index contributed by atoms with van der Waals surface area (Å²) in [7, 11) is 6.00. The number of nitrogens with one attached hydrogen (secondary N) is 1. The smallest absolute Gasteiger partial charge is 0.134 e. The molecule has 0 saturated heterocycles. The van der Waals surface area contributed by atoms with Gasteiger partial charge in [0.25, 0.3) is 0 Å². The molecule has 6 heteroatoms. The van der Waals surface area contributed by atoms with Crippen LogP contribution >= 0.6 is 0 Å². The summed E-state index contributed by atoms with van der Waals surface area (Å²) in [5, 5.41) is 11.9. The summed E-state index contributed by atoms with van der Waals surface area (Å²) in [6, 6.07) is 4.05. The topological polar surface area (TPSA) is 68.1 Å². The van der Waals surface area contributed by atoms with E-state index in [1.165, 1.54) is 0 Å². The van der Waals surface area contributed by atoms with E-state index in [0.29, 0.717) is 13.0 Å². The fourth-order valence-electron chi connectivity index (χ4n) is 1.58. The second-order valence-electron chi connectivity index (χ2n) is 4.72. The minimum absolute atomic E-state index is 0.489. The van der Waals surface area contributed by atoms with Gasteiger partial charge in [-0.15, -0.1) is 0 Å². The fourth-order valence-corrected chi connectivity index (χ4v) is 1.58. The Balaban J connectivity index is 2.68. The van der Waals surface area contributed by atoms with Gasteiger partial charge in [-0.2, -0.15) is 5.26 Å². The zero-order valence-corrected chi connectivity index (χ0v) is 12.1. The van der Waals surface area contributed by atoms with Crippen LogP contribution < -0.4 is 10.2 Å². The van der Waals surface area contributed by atoms with Gasteiger partial charge in [0, 0.05) is 32.7 Å². The predicted octanol–water partition coefficient (Wildman–Crippen LogP) is 1.11. The molecular formula is C13H22N6. The number of aryl methyl sites for hydroxylation is 1. The molecule has 1 aromatic rings. The fraction of sp³-hybridized carbons (Fsp3) is 0.615. The zero-order chi connectivity index (χ0) is 14.3. The van der Waals surface area contributed by atoms with Crippen LogP contribution in [-0.4, -0.2) is 55.6 Å². The van der Waals surface area contributed by atoms with Crippen LogP contribution in [0.25, 0.3) is 0 Å². The van der Waals surface area contributed by atoms with E-state index in [0.717, 1.165) is 30.5 Å². The Hall–Kier alpha value is -1.87. The van der Waals surface area contributed by atoms with Crippen LogP contribution in [0.15, 0.2) is 6.07 Å². The second-order valence-corrected chi connectivity index (χ2v) is 4.72. The van der Waals surface area contributed by atoms with Crippen LogP contribution in [0.3, 0.4) is 0 Å². The van der Waals surface area contributed by atoms with Gasteiger partial charge in [-0.05, 0) is 21.0 Å². The van der Waals surface area contributed by atoms with Gasteiger partial charge in [0.15, 0.2) is 0 Å². The Morgan fingerprint density at radius 2 is 2.00 bits per heavy atom. The number of rotatable bonds is 7. The molecule has 0 aliphatic carbocycles. The molecule has 1 aromatic heterocycles. The summed E-state index contributed by atoms with van der Waals surface area (Å²) >= 11 is 0. The summed E-state index contributed by atoms with van der Waals surface area (Å²) in [4.78, 5) is 12.8. The van der Waals surface area contributed by atoms with Crippen LogP contribution in [0.2, 0.25) is 0 Å². The van der Waals surface area contributed by atoms with E-state index >= 15 is 0 Å². The van der Waals surface area contributed by atoms with Crippen LogP contribution in [0, 0.1) is 18.3 Å². The SMILES string of the molecule is Cc1nc(NCCN(C)C)cc(N(C)CCC#N)n1. The lowest BCUT2D eigenvalue weighted by Crippen LogP contribution is -2.22. The Labute approximate surface area is 115 Å². The Kier molecular flexibility index (Phi) is 6.03. The minimum atomic E-state index is 0.489. The average molecular weight is 262 g/mol. The van der Waals surface area contributed by atoms with Gasteiger partial charge in [-0.25, -0.2) is 9.97 Å². The molecule has 0 spiro atoms. The summed E-state index contributed by atoms with van der Waals surface area (Å²) in [5.74, 6) is 2.40. The van der Waals surface area contributed by atoms with Gasteiger partial charge in [0.2, 0.25) is 0 Å². The number of hydrogen-bond donors (Lipinski definition) is 1. The number of likely N-dealkylation sites (N-methyl/N-ethyl adjacent to an activating group) is 1. The molecule has 0 aliphatic heterocycles. The molecule has 0 saturated carbocycles. The first-order valence-corrected chi connectivity index (χ1v) is 6.35. The molecule has 1 N–H and O–H groups in total. The quantitative estimate of drug-likeness (QED) is 0.794. The molecule has 0 atom stereocenters. The third kappa shape index (κ3) is 5.53. The van der Waals surface area contributed by atoms with E-state index in [2.05, 4.69) is 26.3 Å². The van der Waals surface area contributed by atoms with Crippen LogP contribution in [-0.2, 0) is 0 Å². The number of nitrogens with zero attached hydrogens (tertiary/aromatic N) is 5. The van der Waals surface area contributed by atoms with Crippen molar-refractivity contribution in [2.24, 2.45) is 0 Å². The lowest BCUT2D eigenvalue weighted by atomic mass is 10.4. The number of hydrogen-bond acceptors (Lipinski definition) is 6. The highest BCUT2D eigenvalue weighted by Crippen LogP contribution is 2.14. The number of anilines is 2. The summed E-state index contributed by atoms with van der Waals surface area (Å²) in [6.45, 7) is 4.33. The van der Waals surface area contributed by atoms with Gasteiger partial charge in [0.05, 0.1) is 12.5 Å². The number of nitriles is 1. The van der Waals surface area contributed by atoms with Crippen molar-refractivity contribution in [2.45, 2.75) is 13.3 Å². The predicted molar refractivity (Wildman–Crippen MR) is 77.3 cm³/mol. The van der Waals surface area contributed by atoms with Crippen molar-refractivity contribution in [1.29, 1.82) is 5.26 Å². The van der Waals surface area contributed by atoms with Crippen LogP contribution in [0.4, 0.5) is 11.6 Å². The van der Waals surface area contributed by atoms with E-state index in [1.807, 2.05) is 39.0 Å². The first-order valence-electron chi connectivity index (χ1n) is 6.35. The van der Waals surface area contributed by atoms with E-state index < -0.39 is 0 Å². The van der Waals surface area contributed by atoms with E-state index in [-0.39, 0.29) is 0 Å². The molecule has 0 fully saturated rings. The normalized spacial score (nSPS) is 10.3. The number of aromatic nitrogens is 2. The zero-order valence-electron chi connectivity index (χ0n) is 12.1. The van der Waals surface area contributed by atoms with Crippen LogP contribution in [0.1, 0.15) is 12.2 Å². The van der Waals surface area contributed by atoms with Crippen molar-refractivity contribution in [1.82, 2.24) is 14.9 Å². The average Bonchev–Trinajstić information content (AvgIpc) is 2.34. The van der Waals surface area contributed by atoms with E-state index in [1.54, 1.807) is 0 Å². The molecule has 0 aromatic carbocycles. The van der Waals surface area contributed by atoms with Gasteiger partial charge >= 0.3 is 0 Å². The molecule has 0 radical (unpaired) electrons.